The predicted octanol–water partition coefficient (Wildman–Crippen LogP) is 5.96. The SMILES string of the molecule is CC1CCCCN1CCCN1c2ccccc2N=C2CCCC2C12CCCC2. The van der Waals surface area contributed by atoms with Crippen LogP contribution in [0, 0.1) is 5.92 Å². The number of benzene rings is 1. The van der Waals surface area contributed by atoms with E-state index in [1.54, 1.807) is 0 Å². The Balaban J connectivity index is 1.42. The molecule has 2 heterocycles. The van der Waals surface area contributed by atoms with Crippen LogP contribution in [-0.2, 0) is 0 Å². The monoisotopic (exact) mass is 379 g/mol. The zero-order valence-electron chi connectivity index (χ0n) is 17.7. The van der Waals surface area contributed by atoms with Crippen LogP contribution in [0.15, 0.2) is 29.3 Å². The van der Waals surface area contributed by atoms with Gasteiger partial charge in [-0.25, -0.2) is 0 Å². The lowest BCUT2D eigenvalue weighted by molar-refractivity contribution is 0.158. The number of nitrogens with zero attached hydrogens (tertiary/aromatic N) is 3. The van der Waals surface area contributed by atoms with Gasteiger partial charge in [-0.1, -0.05) is 31.4 Å². The number of anilines is 1. The first-order valence-corrected chi connectivity index (χ1v) is 12.0. The molecule has 0 bridgehead atoms. The van der Waals surface area contributed by atoms with Gasteiger partial charge < -0.3 is 9.80 Å². The number of likely N-dealkylation sites (tertiary alicyclic amines) is 1. The molecular weight excluding hydrogens is 342 g/mol. The summed E-state index contributed by atoms with van der Waals surface area (Å²) >= 11 is 0. The zero-order chi connectivity index (χ0) is 19.0. The molecule has 3 heteroatoms. The van der Waals surface area contributed by atoms with Gasteiger partial charge in [0.25, 0.3) is 0 Å². The van der Waals surface area contributed by atoms with Crippen LogP contribution in [0.25, 0.3) is 0 Å². The van der Waals surface area contributed by atoms with E-state index in [-0.39, 0.29) is 0 Å². The fraction of sp³-hybridized carbons (Fsp3) is 0.720. The molecule has 1 saturated heterocycles. The third-order valence-corrected chi connectivity index (χ3v) is 8.19. The van der Waals surface area contributed by atoms with Crippen molar-refractivity contribution in [2.24, 2.45) is 10.9 Å². The highest BCUT2D eigenvalue weighted by Crippen LogP contribution is 2.52. The Morgan fingerprint density at radius 2 is 1.86 bits per heavy atom. The molecule has 1 spiro atoms. The molecule has 3 nitrogen and oxygen atoms in total. The number of aliphatic imine (C=N–C) groups is 1. The van der Waals surface area contributed by atoms with Crippen molar-refractivity contribution in [2.75, 3.05) is 24.5 Å². The van der Waals surface area contributed by atoms with Crippen LogP contribution in [0.4, 0.5) is 11.4 Å². The minimum absolute atomic E-state index is 0.343. The second-order valence-corrected chi connectivity index (χ2v) is 9.73. The van der Waals surface area contributed by atoms with E-state index in [9.17, 15) is 0 Å². The molecule has 5 rings (SSSR count). The molecule has 152 valence electrons. The average molecular weight is 380 g/mol. The smallest absolute Gasteiger partial charge is 0.0862 e. The van der Waals surface area contributed by atoms with Gasteiger partial charge in [-0.05, 0) is 77.0 Å². The van der Waals surface area contributed by atoms with Gasteiger partial charge in [0, 0.05) is 36.3 Å². The Morgan fingerprint density at radius 1 is 1.00 bits per heavy atom. The normalized spacial score (nSPS) is 29.5. The molecule has 2 unspecified atom stereocenters. The van der Waals surface area contributed by atoms with Crippen molar-refractivity contribution in [1.82, 2.24) is 4.90 Å². The number of fused-ring (bicyclic) bond motifs is 3. The van der Waals surface area contributed by atoms with E-state index in [1.165, 1.54) is 107 Å². The standard InChI is InChI=1S/C25H37N3/c1-20-10-4-7-17-27(20)18-9-19-28-24-14-3-2-12-23(24)26-22-13-8-11-21(22)25(28)15-5-6-16-25/h2-3,12,14,20-21H,4-11,13,15-19H2,1H3. The maximum absolute atomic E-state index is 5.24. The van der Waals surface area contributed by atoms with Gasteiger partial charge in [0.1, 0.15) is 0 Å². The number of hydrogen-bond donors (Lipinski definition) is 0. The Bertz CT molecular complexity index is 718. The van der Waals surface area contributed by atoms with Crippen LogP contribution in [0.2, 0.25) is 0 Å². The number of rotatable bonds is 4. The number of hydrogen-bond acceptors (Lipinski definition) is 3. The summed E-state index contributed by atoms with van der Waals surface area (Å²) in [6, 6.07) is 9.78. The Kier molecular flexibility index (Phi) is 5.21. The average Bonchev–Trinajstić information content (AvgIpc) is 3.36. The lowest BCUT2D eigenvalue weighted by Gasteiger charge is -2.47. The van der Waals surface area contributed by atoms with Gasteiger partial charge in [0.2, 0.25) is 0 Å². The highest BCUT2D eigenvalue weighted by Gasteiger charge is 2.50. The summed E-state index contributed by atoms with van der Waals surface area (Å²) in [6.07, 6.45) is 14.9. The van der Waals surface area contributed by atoms with E-state index in [0.29, 0.717) is 11.5 Å². The lowest BCUT2D eigenvalue weighted by atomic mass is 9.78. The van der Waals surface area contributed by atoms with E-state index >= 15 is 0 Å². The van der Waals surface area contributed by atoms with E-state index in [2.05, 4.69) is 41.0 Å². The van der Waals surface area contributed by atoms with Crippen molar-refractivity contribution in [3.05, 3.63) is 24.3 Å². The van der Waals surface area contributed by atoms with Crippen LogP contribution in [0.1, 0.15) is 77.6 Å². The summed E-state index contributed by atoms with van der Waals surface area (Å²) in [5, 5.41) is 0. The quantitative estimate of drug-likeness (QED) is 0.643. The van der Waals surface area contributed by atoms with Crippen LogP contribution in [-0.4, -0.2) is 41.8 Å². The summed E-state index contributed by atoms with van der Waals surface area (Å²) in [6.45, 7) is 6.18. The van der Waals surface area contributed by atoms with Crippen molar-refractivity contribution in [3.63, 3.8) is 0 Å². The molecule has 0 aromatic heterocycles. The summed E-state index contributed by atoms with van der Waals surface area (Å²) in [5.41, 5.74) is 4.51. The molecule has 3 fully saturated rings. The van der Waals surface area contributed by atoms with Crippen molar-refractivity contribution in [2.45, 2.75) is 89.1 Å². The second-order valence-electron chi connectivity index (χ2n) is 9.73. The molecule has 2 atom stereocenters. The maximum atomic E-state index is 5.24. The van der Waals surface area contributed by atoms with Gasteiger partial charge in [0.05, 0.1) is 11.4 Å². The molecular formula is C25H37N3. The third kappa shape index (κ3) is 3.20. The third-order valence-electron chi connectivity index (χ3n) is 8.19. The Morgan fingerprint density at radius 3 is 2.71 bits per heavy atom. The van der Waals surface area contributed by atoms with Crippen molar-refractivity contribution < 1.29 is 0 Å². The van der Waals surface area contributed by atoms with E-state index in [4.69, 9.17) is 4.99 Å². The largest absolute Gasteiger partial charge is 0.363 e. The topological polar surface area (TPSA) is 18.8 Å². The first-order chi connectivity index (χ1) is 13.8. The fourth-order valence-electron chi connectivity index (χ4n) is 6.78. The molecule has 1 aromatic rings. The molecule has 2 aliphatic carbocycles. The predicted molar refractivity (Wildman–Crippen MR) is 119 cm³/mol. The molecule has 0 amide bonds. The summed E-state index contributed by atoms with van der Waals surface area (Å²) in [4.78, 5) is 10.8. The second kappa shape index (κ2) is 7.82. The van der Waals surface area contributed by atoms with Crippen molar-refractivity contribution in [3.8, 4) is 0 Å². The molecule has 0 radical (unpaired) electrons. The highest BCUT2D eigenvalue weighted by atomic mass is 15.2. The van der Waals surface area contributed by atoms with Crippen LogP contribution < -0.4 is 4.90 Å². The van der Waals surface area contributed by atoms with Crippen LogP contribution >= 0.6 is 0 Å². The molecule has 2 saturated carbocycles. The fourth-order valence-corrected chi connectivity index (χ4v) is 6.78. The minimum Gasteiger partial charge on any atom is -0.363 e. The summed E-state index contributed by atoms with van der Waals surface area (Å²) in [7, 11) is 0. The molecule has 28 heavy (non-hydrogen) atoms. The summed E-state index contributed by atoms with van der Waals surface area (Å²) in [5.74, 6) is 0.691. The molecule has 4 aliphatic rings. The van der Waals surface area contributed by atoms with Crippen molar-refractivity contribution >= 4 is 17.1 Å². The van der Waals surface area contributed by atoms with Crippen molar-refractivity contribution in [1.29, 1.82) is 0 Å². The number of para-hydroxylation sites is 2. The first kappa shape index (κ1) is 18.7. The highest BCUT2D eigenvalue weighted by molar-refractivity contribution is 5.95. The van der Waals surface area contributed by atoms with E-state index in [0.717, 1.165) is 6.04 Å². The first-order valence-electron chi connectivity index (χ1n) is 12.0. The zero-order valence-corrected chi connectivity index (χ0v) is 17.7. The Labute approximate surface area is 171 Å². The van der Waals surface area contributed by atoms with Gasteiger partial charge in [0.15, 0.2) is 0 Å². The minimum atomic E-state index is 0.343. The van der Waals surface area contributed by atoms with Gasteiger partial charge >= 0.3 is 0 Å². The molecule has 1 aromatic carbocycles. The number of piperidine rings is 1. The van der Waals surface area contributed by atoms with Gasteiger partial charge in [-0.3, -0.25) is 4.99 Å². The maximum Gasteiger partial charge on any atom is 0.0862 e. The van der Waals surface area contributed by atoms with Gasteiger partial charge in [-0.15, -0.1) is 0 Å². The van der Waals surface area contributed by atoms with Gasteiger partial charge in [-0.2, -0.15) is 0 Å². The van der Waals surface area contributed by atoms with E-state index < -0.39 is 0 Å². The lowest BCUT2D eigenvalue weighted by Crippen LogP contribution is -2.54. The summed E-state index contributed by atoms with van der Waals surface area (Å²) < 4.78 is 0. The Hall–Kier alpha value is -1.35. The molecule has 0 N–H and O–H groups in total. The molecule has 2 aliphatic heterocycles. The van der Waals surface area contributed by atoms with E-state index in [1.807, 2.05) is 0 Å². The van der Waals surface area contributed by atoms with Crippen LogP contribution in [0.5, 0.6) is 0 Å². The van der Waals surface area contributed by atoms with Crippen LogP contribution in [0.3, 0.4) is 0 Å².